The number of halogens is 1. The fraction of sp³-hybridized carbons (Fsp3) is 0.538. The third kappa shape index (κ3) is 2.94. The number of hydrogen-bond acceptors (Lipinski definition) is 4. The van der Waals surface area contributed by atoms with E-state index in [0.29, 0.717) is 0 Å². The van der Waals surface area contributed by atoms with Crippen molar-refractivity contribution >= 4 is 10.0 Å². The number of methoxy groups -OCH3 is 1. The molecule has 0 amide bonds. The van der Waals surface area contributed by atoms with Crippen molar-refractivity contribution in [3.05, 3.63) is 24.0 Å². The molecule has 1 aliphatic heterocycles. The zero-order chi connectivity index (χ0) is 14.9. The van der Waals surface area contributed by atoms with Gasteiger partial charge in [0.05, 0.1) is 19.3 Å². The molecule has 20 heavy (non-hydrogen) atoms. The molecule has 0 bridgehead atoms. The van der Waals surface area contributed by atoms with Crippen LogP contribution in [0.4, 0.5) is 4.39 Å². The van der Waals surface area contributed by atoms with Crippen molar-refractivity contribution < 1.29 is 22.3 Å². The first-order valence-electron chi connectivity index (χ1n) is 6.33. The van der Waals surface area contributed by atoms with E-state index < -0.39 is 15.8 Å². The van der Waals surface area contributed by atoms with Gasteiger partial charge in [0.1, 0.15) is 16.5 Å². The molecule has 112 valence electrons. The van der Waals surface area contributed by atoms with E-state index in [9.17, 15) is 12.8 Å². The first-order valence-corrected chi connectivity index (χ1v) is 7.77. The summed E-state index contributed by atoms with van der Waals surface area (Å²) >= 11 is 0. The van der Waals surface area contributed by atoms with Crippen molar-refractivity contribution in [2.45, 2.75) is 31.0 Å². The van der Waals surface area contributed by atoms with E-state index in [1.165, 1.54) is 23.5 Å². The molecule has 2 rings (SSSR count). The van der Waals surface area contributed by atoms with Crippen molar-refractivity contribution in [1.82, 2.24) is 4.31 Å². The van der Waals surface area contributed by atoms with Crippen LogP contribution >= 0.6 is 0 Å². The van der Waals surface area contributed by atoms with Crippen LogP contribution in [-0.4, -0.2) is 45.1 Å². The van der Waals surface area contributed by atoms with Gasteiger partial charge in [-0.05, 0) is 32.0 Å². The Morgan fingerprint density at radius 3 is 2.45 bits per heavy atom. The lowest BCUT2D eigenvalue weighted by atomic mass is 10.3. The van der Waals surface area contributed by atoms with Gasteiger partial charge in [0.2, 0.25) is 10.0 Å². The minimum atomic E-state index is -3.80. The minimum Gasteiger partial charge on any atom is -0.495 e. The Morgan fingerprint density at radius 2 is 1.90 bits per heavy atom. The van der Waals surface area contributed by atoms with Crippen molar-refractivity contribution in [3.8, 4) is 5.75 Å². The summed E-state index contributed by atoms with van der Waals surface area (Å²) in [5.41, 5.74) is 0. The third-order valence-electron chi connectivity index (χ3n) is 3.13. The largest absolute Gasteiger partial charge is 0.495 e. The molecule has 0 radical (unpaired) electrons. The van der Waals surface area contributed by atoms with Crippen LogP contribution in [-0.2, 0) is 14.8 Å². The Labute approximate surface area is 118 Å². The molecule has 5 nitrogen and oxygen atoms in total. The van der Waals surface area contributed by atoms with E-state index in [1.807, 2.05) is 0 Å². The van der Waals surface area contributed by atoms with E-state index in [2.05, 4.69) is 0 Å². The molecule has 7 heteroatoms. The molecular weight excluding hydrogens is 285 g/mol. The highest BCUT2D eigenvalue weighted by molar-refractivity contribution is 7.89. The molecule has 1 heterocycles. The van der Waals surface area contributed by atoms with Gasteiger partial charge in [-0.15, -0.1) is 0 Å². The predicted molar refractivity (Wildman–Crippen MR) is 71.7 cm³/mol. The second kappa shape index (κ2) is 5.67. The maximum Gasteiger partial charge on any atom is 0.247 e. The highest BCUT2D eigenvalue weighted by Gasteiger charge is 2.34. The molecule has 1 fully saturated rings. The molecule has 1 aromatic rings. The second-order valence-corrected chi connectivity index (χ2v) is 6.78. The maximum atomic E-state index is 13.4. The number of nitrogens with zero attached hydrogens (tertiary/aromatic N) is 1. The van der Waals surface area contributed by atoms with Gasteiger partial charge in [-0.1, -0.05) is 0 Å². The summed E-state index contributed by atoms with van der Waals surface area (Å²) in [5, 5.41) is 0. The molecule has 0 saturated carbocycles. The zero-order valence-corrected chi connectivity index (χ0v) is 12.5. The van der Waals surface area contributed by atoms with Gasteiger partial charge in [0.25, 0.3) is 0 Å². The number of benzene rings is 1. The summed E-state index contributed by atoms with van der Waals surface area (Å²) in [4.78, 5) is -0.152. The fourth-order valence-electron chi connectivity index (χ4n) is 2.32. The summed E-state index contributed by atoms with van der Waals surface area (Å²) in [6, 6.07) is 3.47. The monoisotopic (exact) mass is 303 g/mol. The first kappa shape index (κ1) is 15.2. The van der Waals surface area contributed by atoms with Crippen LogP contribution in [0.15, 0.2) is 23.1 Å². The number of morpholine rings is 1. The maximum absolute atomic E-state index is 13.4. The lowest BCUT2D eigenvalue weighted by Crippen LogP contribution is -2.48. The van der Waals surface area contributed by atoms with Crippen LogP contribution in [0.2, 0.25) is 0 Å². The molecular formula is C13H18FNO4S. The van der Waals surface area contributed by atoms with E-state index in [0.717, 1.165) is 6.07 Å². The van der Waals surface area contributed by atoms with Gasteiger partial charge in [0.15, 0.2) is 0 Å². The normalized spacial score (nSPS) is 24.6. The van der Waals surface area contributed by atoms with E-state index in [-0.39, 0.29) is 35.9 Å². The number of hydrogen-bond donors (Lipinski definition) is 0. The van der Waals surface area contributed by atoms with Crippen LogP contribution in [0.5, 0.6) is 5.75 Å². The fourth-order valence-corrected chi connectivity index (χ4v) is 4.08. The topological polar surface area (TPSA) is 55.8 Å². The van der Waals surface area contributed by atoms with Crippen molar-refractivity contribution in [2.24, 2.45) is 0 Å². The van der Waals surface area contributed by atoms with Crippen LogP contribution in [0.3, 0.4) is 0 Å². The van der Waals surface area contributed by atoms with Gasteiger partial charge < -0.3 is 9.47 Å². The van der Waals surface area contributed by atoms with Crippen molar-refractivity contribution in [2.75, 3.05) is 20.2 Å². The highest BCUT2D eigenvalue weighted by atomic mass is 32.2. The van der Waals surface area contributed by atoms with Crippen molar-refractivity contribution in [3.63, 3.8) is 0 Å². The standard InChI is InChI=1S/C13H18FNO4S/c1-9-7-15(8-10(2)19-9)20(16,17)13-6-11(14)4-5-12(13)18-3/h4-6,9-10H,7-8H2,1-3H3/t9-,10+. The Morgan fingerprint density at radius 1 is 1.30 bits per heavy atom. The van der Waals surface area contributed by atoms with Gasteiger partial charge in [-0.3, -0.25) is 0 Å². The Kier molecular flexibility index (Phi) is 4.31. The van der Waals surface area contributed by atoms with E-state index >= 15 is 0 Å². The molecule has 1 aromatic carbocycles. The number of ether oxygens (including phenoxy) is 2. The molecule has 0 N–H and O–H groups in total. The molecule has 0 aliphatic carbocycles. The van der Waals surface area contributed by atoms with E-state index in [4.69, 9.17) is 9.47 Å². The Balaban J connectivity index is 2.42. The smallest absolute Gasteiger partial charge is 0.247 e. The summed E-state index contributed by atoms with van der Waals surface area (Å²) in [6.45, 7) is 4.10. The molecule has 0 spiro atoms. The van der Waals surface area contributed by atoms with E-state index in [1.54, 1.807) is 13.8 Å². The lowest BCUT2D eigenvalue weighted by molar-refractivity contribution is -0.0441. The summed E-state index contributed by atoms with van der Waals surface area (Å²) in [7, 11) is -2.45. The molecule has 1 aliphatic rings. The van der Waals surface area contributed by atoms with Gasteiger partial charge in [-0.25, -0.2) is 12.8 Å². The third-order valence-corrected chi connectivity index (χ3v) is 4.98. The minimum absolute atomic E-state index is 0.137. The van der Waals surface area contributed by atoms with Crippen LogP contribution in [0, 0.1) is 5.82 Å². The Bertz CT molecular complexity index is 580. The number of rotatable bonds is 3. The average Bonchev–Trinajstić information content (AvgIpc) is 2.37. The Hall–Kier alpha value is -1.18. The highest BCUT2D eigenvalue weighted by Crippen LogP contribution is 2.29. The summed E-state index contributed by atoms with van der Waals surface area (Å²) in [5.74, 6) is -0.475. The van der Waals surface area contributed by atoms with Gasteiger partial charge in [0, 0.05) is 13.1 Å². The summed E-state index contributed by atoms with van der Waals surface area (Å²) < 4.78 is 50.5. The zero-order valence-electron chi connectivity index (χ0n) is 11.7. The van der Waals surface area contributed by atoms with Gasteiger partial charge >= 0.3 is 0 Å². The SMILES string of the molecule is COc1ccc(F)cc1S(=O)(=O)N1C[C@@H](C)O[C@@H](C)C1. The summed E-state index contributed by atoms with van der Waals surface area (Å²) in [6.07, 6.45) is -0.402. The van der Waals surface area contributed by atoms with Crippen LogP contribution in [0.25, 0.3) is 0 Å². The quantitative estimate of drug-likeness (QED) is 0.851. The van der Waals surface area contributed by atoms with Crippen LogP contribution < -0.4 is 4.74 Å². The molecule has 2 atom stereocenters. The predicted octanol–water partition coefficient (Wildman–Crippen LogP) is 1.63. The van der Waals surface area contributed by atoms with Crippen molar-refractivity contribution in [1.29, 1.82) is 0 Å². The van der Waals surface area contributed by atoms with Crippen LogP contribution in [0.1, 0.15) is 13.8 Å². The number of sulfonamides is 1. The molecule has 0 aromatic heterocycles. The average molecular weight is 303 g/mol. The molecule has 0 unspecified atom stereocenters. The molecule has 1 saturated heterocycles. The first-order chi connectivity index (χ1) is 9.34. The van der Waals surface area contributed by atoms with Gasteiger partial charge in [-0.2, -0.15) is 4.31 Å². The second-order valence-electron chi connectivity index (χ2n) is 4.87. The lowest BCUT2D eigenvalue weighted by Gasteiger charge is -2.34.